The molecule has 3 aromatic heterocycles. The summed E-state index contributed by atoms with van der Waals surface area (Å²) in [7, 11) is 0. The molecule has 0 bridgehead atoms. The van der Waals surface area contributed by atoms with E-state index >= 15 is 0 Å². The SMILES string of the molecule is O=C(Nc1ccc(NC(=O)c2cccs2)nc1)c1ccncc1. The maximum Gasteiger partial charge on any atom is 0.266 e. The third kappa shape index (κ3) is 3.78. The smallest absolute Gasteiger partial charge is 0.266 e. The summed E-state index contributed by atoms with van der Waals surface area (Å²) in [4.78, 5) is 32.5. The molecule has 0 aliphatic rings. The zero-order valence-corrected chi connectivity index (χ0v) is 12.7. The minimum Gasteiger partial charge on any atom is -0.321 e. The molecular formula is C16H12N4O2S. The average molecular weight is 324 g/mol. The van der Waals surface area contributed by atoms with E-state index in [4.69, 9.17) is 0 Å². The lowest BCUT2D eigenvalue weighted by molar-refractivity contribution is 0.101. The van der Waals surface area contributed by atoms with Crippen LogP contribution in [0.25, 0.3) is 0 Å². The molecule has 2 amide bonds. The summed E-state index contributed by atoms with van der Waals surface area (Å²) < 4.78 is 0. The second-order valence-electron chi connectivity index (χ2n) is 4.55. The maximum absolute atomic E-state index is 12.0. The van der Waals surface area contributed by atoms with Gasteiger partial charge in [-0.05, 0) is 35.7 Å². The Bertz CT molecular complexity index is 802. The van der Waals surface area contributed by atoms with Crippen LogP contribution in [0.5, 0.6) is 0 Å². The van der Waals surface area contributed by atoms with Crippen molar-refractivity contribution in [3.05, 3.63) is 70.8 Å². The van der Waals surface area contributed by atoms with Gasteiger partial charge in [-0.2, -0.15) is 0 Å². The fourth-order valence-electron chi connectivity index (χ4n) is 1.83. The van der Waals surface area contributed by atoms with Gasteiger partial charge in [0.25, 0.3) is 11.8 Å². The lowest BCUT2D eigenvalue weighted by Gasteiger charge is -2.06. The number of hydrogen-bond donors (Lipinski definition) is 2. The van der Waals surface area contributed by atoms with Crippen LogP contribution in [0.4, 0.5) is 11.5 Å². The Labute approximate surface area is 136 Å². The van der Waals surface area contributed by atoms with Gasteiger partial charge >= 0.3 is 0 Å². The number of thiophene rings is 1. The average Bonchev–Trinajstić information content (AvgIpc) is 3.12. The van der Waals surface area contributed by atoms with Crippen LogP contribution in [-0.4, -0.2) is 21.8 Å². The van der Waals surface area contributed by atoms with Crippen molar-refractivity contribution in [1.29, 1.82) is 0 Å². The second kappa shape index (κ2) is 6.80. The molecule has 6 nitrogen and oxygen atoms in total. The molecule has 7 heteroatoms. The monoisotopic (exact) mass is 324 g/mol. The number of nitrogens with zero attached hydrogens (tertiary/aromatic N) is 2. The van der Waals surface area contributed by atoms with E-state index in [2.05, 4.69) is 20.6 Å². The zero-order chi connectivity index (χ0) is 16.1. The Morgan fingerprint density at radius 2 is 1.78 bits per heavy atom. The zero-order valence-electron chi connectivity index (χ0n) is 11.9. The first kappa shape index (κ1) is 14.9. The number of nitrogens with one attached hydrogen (secondary N) is 2. The van der Waals surface area contributed by atoms with Gasteiger partial charge in [0, 0.05) is 18.0 Å². The molecular weight excluding hydrogens is 312 g/mol. The molecule has 3 aromatic rings. The molecule has 0 aliphatic heterocycles. The molecule has 0 saturated carbocycles. The standard InChI is InChI=1S/C16H12N4O2S/c21-15(11-5-7-17-8-6-11)19-12-3-4-14(18-10-12)20-16(22)13-2-1-9-23-13/h1-10H,(H,19,21)(H,18,20,22). The fraction of sp³-hybridized carbons (Fsp3) is 0. The molecule has 114 valence electrons. The molecule has 0 radical (unpaired) electrons. The van der Waals surface area contributed by atoms with Crippen LogP contribution in [0.1, 0.15) is 20.0 Å². The number of amides is 2. The number of pyridine rings is 2. The van der Waals surface area contributed by atoms with Gasteiger partial charge in [-0.25, -0.2) is 4.98 Å². The highest BCUT2D eigenvalue weighted by Crippen LogP contribution is 2.14. The first-order valence-corrected chi connectivity index (χ1v) is 7.62. The highest BCUT2D eigenvalue weighted by Gasteiger charge is 2.08. The highest BCUT2D eigenvalue weighted by molar-refractivity contribution is 7.12. The predicted octanol–water partition coefficient (Wildman–Crippen LogP) is 3.04. The van der Waals surface area contributed by atoms with Gasteiger partial charge in [-0.1, -0.05) is 6.07 Å². The van der Waals surface area contributed by atoms with E-state index in [1.807, 2.05) is 11.4 Å². The van der Waals surface area contributed by atoms with Crippen LogP contribution < -0.4 is 10.6 Å². The van der Waals surface area contributed by atoms with Crippen molar-refractivity contribution < 1.29 is 9.59 Å². The molecule has 3 heterocycles. The number of rotatable bonds is 4. The Morgan fingerprint density at radius 3 is 2.43 bits per heavy atom. The molecule has 0 fully saturated rings. The third-order valence-electron chi connectivity index (χ3n) is 2.95. The number of aromatic nitrogens is 2. The lowest BCUT2D eigenvalue weighted by Crippen LogP contribution is -2.13. The summed E-state index contributed by atoms with van der Waals surface area (Å²) in [6.07, 6.45) is 4.59. The number of carbonyl (C=O) groups is 2. The van der Waals surface area contributed by atoms with Crippen LogP contribution in [0.15, 0.2) is 60.4 Å². The van der Waals surface area contributed by atoms with Gasteiger partial charge < -0.3 is 10.6 Å². The predicted molar refractivity (Wildman–Crippen MR) is 88.7 cm³/mol. The summed E-state index contributed by atoms with van der Waals surface area (Å²) in [5.41, 5.74) is 1.05. The number of hydrogen-bond acceptors (Lipinski definition) is 5. The Morgan fingerprint density at radius 1 is 0.957 bits per heavy atom. The molecule has 2 N–H and O–H groups in total. The molecule has 23 heavy (non-hydrogen) atoms. The van der Waals surface area contributed by atoms with Crippen molar-refractivity contribution in [3.63, 3.8) is 0 Å². The number of anilines is 2. The summed E-state index contributed by atoms with van der Waals surface area (Å²) in [5.74, 6) is -0.0315. The van der Waals surface area contributed by atoms with Gasteiger partial charge in [0.1, 0.15) is 5.82 Å². The molecule has 0 saturated heterocycles. The van der Waals surface area contributed by atoms with Crippen molar-refractivity contribution in [1.82, 2.24) is 9.97 Å². The van der Waals surface area contributed by atoms with Crippen molar-refractivity contribution in [3.8, 4) is 0 Å². The summed E-state index contributed by atoms with van der Waals surface area (Å²) in [5, 5.41) is 7.26. The summed E-state index contributed by atoms with van der Waals surface area (Å²) >= 11 is 1.36. The first-order chi connectivity index (χ1) is 11.2. The minimum absolute atomic E-state index is 0.207. The maximum atomic E-state index is 12.0. The largest absolute Gasteiger partial charge is 0.321 e. The van der Waals surface area contributed by atoms with Gasteiger partial charge in [-0.15, -0.1) is 11.3 Å². The fourth-order valence-corrected chi connectivity index (χ4v) is 2.45. The normalized spacial score (nSPS) is 10.1. The van der Waals surface area contributed by atoms with Crippen molar-refractivity contribution in [2.45, 2.75) is 0 Å². The van der Waals surface area contributed by atoms with E-state index in [1.54, 1.807) is 42.7 Å². The van der Waals surface area contributed by atoms with Crippen LogP contribution in [0, 0.1) is 0 Å². The molecule has 0 atom stereocenters. The molecule has 0 aliphatic carbocycles. The highest BCUT2D eigenvalue weighted by atomic mass is 32.1. The Hall–Kier alpha value is -3.06. The first-order valence-electron chi connectivity index (χ1n) is 6.74. The molecule has 0 unspecified atom stereocenters. The van der Waals surface area contributed by atoms with E-state index in [9.17, 15) is 9.59 Å². The van der Waals surface area contributed by atoms with Gasteiger partial charge in [0.2, 0.25) is 0 Å². The molecule has 0 spiro atoms. The Kier molecular flexibility index (Phi) is 4.39. The van der Waals surface area contributed by atoms with E-state index in [0.717, 1.165) is 0 Å². The Balaban J connectivity index is 1.63. The summed E-state index contributed by atoms with van der Waals surface area (Å²) in [6.45, 7) is 0. The van der Waals surface area contributed by atoms with Crippen LogP contribution in [-0.2, 0) is 0 Å². The van der Waals surface area contributed by atoms with Crippen LogP contribution in [0.2, 0.25) is 0 Å². The van der Waals surface area contributed by atoms with E-state index in [0.29, 0.717) is 21.9 Å². The third-order valence-corrected chi connectivity index (χ3v) is 3.82. The topological polar surface area (TPSA) is 84.0 Å². The van der Waals surface area contributed by atoms with E-state index in [-0.39, 0.29) is 11.8 Å². The van der Waals surface area contributed by atoms with E-state index < -0.39 is 0 Å². The lowest BCUT2D eigenvalue weighted by atomic mass is 10.2. The summed E-state index contributed by atoms with van der Waals surface area (Å²) in [6, 6.07) is 10.1. The van der Waals surface area contributed by atoms with Gasteiger partial charge in [0.15, 0.2) is 0 Å². The van der Waals surface area contributed by atoms with Crippen LogP contribution >= 0.6 is 11.3 Å². The van der Waals surface area contributed by atoms with Crippen molar-refractivity contribution >= 4 is 34.7 Å². The minimum atomic E-state index is -0.246. The second-order valence-corrected chi connectivity index (χ2v) is 5.50. The van der Waals surface area contributed by atoms with Crippen molar-refractivity contribution in [2.75, 3.05) is 10.6 Å². The quantitative estimate of drug-likeness (QED) is 0.772. The van der Waals surface area contributed by atoms with Crippen LogP contribution in [0.3, 0.4) is 0 Å². The molecule has 3 rings (SSSR count). The van der Waals surface area contributed by atoms with Gasteiger partial charge in [0.05, 0.1) is 16.8 Å². The number of carbonyl (C=O) groups excluding carboxylic acids is 2. The molecule has 0 aromatic carbocycles. The van der Waals surface area contributed by atoms with Crippen molar-refractivity contribution in [2.24, 2.45) is 0 Å². The van der Waals surface area contributed by atoms with E-state index in [1.165, 1.54) is 17.5 Å². The van der Waals surface area contributed by atoms with Gasteiger partial charge in [-0.3, -0.25) is 14.6 Å².